The third-order valence-corrected chi connectivity index (χ3v) is 2.18. The van der Waals surface area contributed by atoms with Gasteiger partial charge in [0.05, 0.1) is 6.20 Å². The van der Waals surface area contributed by atoms with Crippen LogP contribution in [0.4, 0.5) is 5.95 Å². The summed E-state index contributed by atoms with van der Waals surface area (Å²) >= 11 is 0. The summed E-state index contributed by atoms with van der Waals surface area (Å²) < 4.78 is 5.52. The van der Waals surface area contributed by atoms with E-state index in [9.17, 15) is 0 Å². The van der Waals surface area contributed by atoms with Gasteiger partial charge in [0.1, 0.15) is 5.39 Å². The first kappa shape index (κ1) is 9.58. The summed E-state index contributed by atoms with van der Waals surface area (Å²) in [5.74, 6) is 0.861. The SMILES string of the molecule is Cc1cc(Oc2nc(N)nc3[nH]ncc23)n[nH]1. The average Bonchev–Trinajstić information content (AvgIpc) is 2.87. The third-order valence-electron chi connectivity index (χ3n) is 2.18. The van der Waals surface area contributed by atoms with Gasteiger partial charge in [-0.1, -0.05) is 0 Å². The van der Waals surface area contributed by atoms with Gasteiger partial charge in [-0.15, -0.1) is 5.10 Å². The molecule has 0 bridgehead atoms. The van der Waals surface area contributed by atoms with E-state index in [1.54, 1.807) is 12.3 Å². The van der Waals surface area contributed by atoms with Crippen molar-refractivity contribution in [1.82, 2.24) is 30.4 Å². The fraction of sp³-hybridized carbons (Fsp3) is 0.111. The van der Waals surface area contributed by atoms with Gasteiger partial charge < -0.3 is 10.5 Å². The fourth-order valence-corrected chi connectivity index (χ4v) is 1.45. The van der Waals surface area contributed by atoms with E-state index < -0.39 is 0 Å². The molecule has 0 saturated carbocycles. The molecule has 0 atom stereocenters. The van der Waals surface area contributed by atoms with Crippen molar-refractivity contribution in [3.63, 3.8) is 0 Å². The predicted octanol–water partition coefficient (Wildman–Crippen LogP) is 0.759. The van der Waals surface area contributed by atoms with Crippen LogP contribution in [0.1, 0.15) is 5.69 Å². The minimum Gasteiger partial charge on any atom is -0.418 e. The second kappa shape index (κ2) is 3.44. The molecule has 0 radical (unpaired) electrons. The molecule has 3 rings (SSSR count). The lowest BCUT2D eigenvalue weighted by Crippen LogP contribution is -1.98. The first-order chi connectivity index (χ1) is 8.22. The molecule has 0 aromatic carbocycles. The Bertz CT molecular complexity index is 671. The van der Waals surface area contributed by atoms with Crippen molar-refractivity contribution in [2.75, 3.05) is 5.73 Å². The van der Waals surface area contributed by atoms with Crippen LogP contribution < -0.4 is 10.5 Å². The lowest BCUT2D eigenvalue weighted by Gasteiger charge is -2.02. The molecule has 0 unspecified atom stereocenters. The molecule has 8 nitrogen and oxygen atoms in total. The number of aryl methyl sites for hydroxylation is 1. The highest BCUT2D eigenvalue weighted by atomic mass is 16.5. The molecule has 0 aliphatic heterocycles. The lowest BCUT2D eigenvalue weighted by molar-refractivity contribution is 0.449. The van der Waals surface area contributed by atoms with Crippen molar-refractivity contribution >= 4 is 17.0 Å². The van der Waals surface area contributed by atoms with Crippen molar-refractivity contribution in [1.29, 1.82) is 0 Å². The monoisotopic (exact) mass is 231 g/mol. The summed E-state index contributed by atoms with van der Waals surface area (Å²) in [6.45, 7) is 1.88. The number of nitrogens with one attached hydrogen (secondary N) is 2. The number of aromatic amines is 2. The van der Waals surface area contributed by atoms with Crippen molar-refractivity contribution in [2.45, 2.75) is 6.92 Å². The van der Waals surface area contributed by atoms with Gasteiger partial charge in [-0.05, 0) is 6.92 Å². The Morgan fingerprint density at radius 3 is 2.94 bits per heavy atom. The zero-order valence-electron chi connectivity index (χ0n) is 8.93. The van der Waals surface area contributed by atoms with E-state index >= 15 is 0 Å². The summed E-state index contributed by atoms with van der Waals surface area (Å²) in [5, 5.41) is 13.9. The van der Waals surface area contributed by atoms with Crippen LogP contribution in [0.15, 0.2) is 12.3 Å². The molecule has 8 heteroatoms. The highest BCUT2D eigenvalue weighted by Gasteiger charge is 2.11. The Kier molecular flexibility index (Phi) is 1.94. The van der Waals surface area contributed by atoms with E-state index in [1.807, 2.05) is 6.92 Å². The topological polar surface area (TPSA) is 118 Å². The minimum absolute atomic E-state index is 0.115. The Morgan fingerprint density at radius 2 is 2.18 bits per heavy atom. The lowest BCUT2D eigenvalue weighted by atomic mass is 10.4. The molecule has 0 aliphatic carbocycles. The highest BCUT2D eigenvalue weighted by Crippen LogP contribution is 2.25. The van der Waals surface area contributed by atoms with E-state index in [2.05, 4.69) is 30.4 Å². The van der Waals surface area contributed by atoms with Gasteiger partial charge in [0.2, 0.25) is 17.7 Å². The molecule has 3 heterocycles. The number of rotatable bonds is 2. The van der Waals surface area contributed by atoms with Gasteiger partial charge in [-0.2, -0.15) is 15.1 Å². The average molecular weight is 231 g/mol. The van der Waals surface area contributed by atoms with Crippen molar-refractivity contribution in [3.8, 4) is 11.8 Å². The zero-order valence-corrected chi connectivity index (χ0v) is 8.93. The van der Waals surface area contributed by atoms with Gasteiger partial charge in [-0.3, -0.25) is 10.2 Å². The number of ether oxygens (including phenoxy) is 1. The van der Waals surface area contributed by atoms with E-state index in [4.69, 9.17) is 10.5 Å². The van der Waals surface area contributed by atoms with Gasteiger partial charge in [0.25, 0.3) is 0 Å². The number of H-pyrrole nitrogens is 2. The largest absolute Gasteiger partial charge is 0.418 e. The summed E-state index contributed by atoms with van der Waals surface area (Å²) in [6, 6.07) is 1.75. The number of nitrogen functional groups attached to an aromatic ring is 1. The molecular weight excluding hydrogens is 222 g/mol. The molecule has 17 heavy (non-hydrogen) atoms. The first-order valence-corrected chi connectivity index (χ1v) is 4.89. The molecule has 0 fully saturated rings. The van der Waals surface area contributed by atoms with Crippen LogP contribution in [0.2, 0.25) is 0 Å². The maximum atomic E-state index is 5.56. The quantitative estimate of drug-likeness (QED) is 0.599. The maximum absolute atomic E-state index is 5.56. The van der Waals surface area contributed by atoms with Crippen molar-refractivity contribution in [2.24, 2.45) is 0 Å². The molecule has 0 spiro atoms. The number of hydrogen-bond acceptors (Lipinski definition) is 6. The Balaban J connectivity index is 2.07. The standard InChI is InChI=1S/C9H9N7O/c1-4-2-6(15-14-4)17-8-5-3-11-16-7(5)12-9(10)13-8/h2-3H,1H3,(H,14,15)(H3,10,11,12,13,16). The Morgan fingerprint density at radius 1 is 1.29 bits per heavy atom. The van der Waals surface area contributed by atoms with Gasteiger partial charge in [0.15, 0.2) is 5.65 Å². The summed E-state index contributed by atoms with van der Waals surface area (Å²) in [7, 11) is 0. The van der Waals surface area contributed by atoms with Crippen LogP contribution in [0, 0.1) is 6.92 Å². The number of fused-ring (bicyclic) bond motifs is 1. The molecule has 0 aliphatic rings. The molecule has 0 saturated heterocycles. The number of nitrogens with two attached hydrogens (primary N) is 1. The van der Waals surface area contributed by atoms with E-state index in [-0.39, 0.29) is 5.95 Å². The van der Waals surface area contributed by atoms with Crippen molar-refractivity contribution in [3.05, 3.63) is 18.0 Å². The fourth-order valence-electron chi connectivity index (χ4n) is 1.45. The van der Waals surface area contributed by atoms with Crippen LogP contribution in [0.5, 0.6) is 11.8 Å². The van der Waals surface area contributed by atoms with Crippen LogP contribution in [0.3, 0.4) is 0 Å². The Labute approximate surface area is 95.2 Å². The molecule has 3 aromatic rings. The van der Waals surface area contributed by atoms with Crippen molar-refractivity contribution < 1.29 is 4.74 Å². The molecule has 4 N–H and O–H groups in total. The van der Waals surface area contributed by atoms with Gasteiger partial charge >= 0.3 is 0 Å². The van der Waals surface area contributed by atoms with E-state index in [0.29, 0.717) is 22.8 Å². The summed E-state index contributed by atoms with van der Waals surface area (Å²) in [4.78, 5) is 7.99. The van der Waals surface area contributed by atoms with Crippen LogP contribution in [-0.2, 0) is 0 Å². The van der Waals surface area contributed by atoms with Gasteiger partial charge in [0, 0.05) is 11.8 Å². The second-order valence-electron chi connectivity index (χ2n) is 3.51. The van der Waals surface area contributed by atoms with Crippen LogP contribution >= 0.6 is 0 Å². The second-order valence-corrected chi connectivity index (χ2v) is 3.51. The number of anilines is 1. The van der Waals surface area contributed by atoms with Crippen LogP contribution in [0.25, 0.3) is 11.0 Å². The van der Waals surface area contributed by atoms with Crippen LogP contribution in [-0.4, -0.2) is 30.4 Å². The number of aromatic nitrogens is 6. The molecule has 3 aromatic heterocycles. The Hall–Kier alpha value is -2.64. The third kappa shape index (κ3) is 1.65. The summed E-state index contributed by atoms with van der Waals surface area (Å²) in [5.41, 5.74) is 6.99. The van der Waals surface area contributed by atoms with E-state index in [1.165, 1.54) is 0 Å². The highest BCUT2D eigenvalue weighted by molar-refractivity contribution is 5.80. The van der Waals surface area contributed by atoms with E-state index in [0.717, 1.165) is 5.69 Å². The smallest absolute Gasteiger partial charge is 0.240 e. The van der Waals surface area contributed by atoms with Gasteiger partial charge in [-0.25, -0.2) is 0 Å². The molecule has 86 valence electrons. The molecule has 0 amide bonds. The number of hydrogen-bond donors (Lipinski definition) is 3. The minimum atomic E-state index is 0.115. The summed E-state index contributed by atoms with van der Waals surface area (Å²) in [6.07, 6.45) is 1.57. The first-order valence-electron chi connectivity index (χ1n) is 4.89. The normalized spacial score (nSPS) is 10.9. The number of nitrogens with zero attached hydrogens (tertiary/aromatic N) is 4. The maximum Gasteiger partial charge on any atom is 0.240 e. The zero-order chi connectivity index (χ0) is 11.8. The molecular formula is C9H9N7O. The predicted molar refractivity (Wildman–Crippen MR) is 59.5 cm³/mol.